The fourth-order valence-corrected chi connectivity index (χ4v) is 2.30. The average Bonchev–Trinajstić information content (AvgIpc) is 2.95. The second-order valence-electron chi connectivity index (χ2n) is 5.25. The minimum absolute atomic E-state index is 0.0188. The van der Waals surface area contributed by atoms with Crippen LogP contribution in [0, 0.1) is 6.92 Å². The van der Waals surface area contributed by atoms with E-state index in [4.69, 9.17) is 0 Å². The Morgan fingerprint density at radius 3 is 2.55 bits per heavy atom. The normalized spacial score (nSPS) is 14.4. The largest absolute Gasteiger partial charge is 0.508 e. The molecule has 5 nitrogen and oxygen atoms in total. The summed E-state index contributed by atoms with van der Waals surface area (Å²) in [7, 11) is 1.60. The molecule has 0 spiro atoms. The van der Waals surface area contributed by atoms with Gasteiger partial charge >= 0.3 is 0 Å². The van der Waals surface area contributed by atoms with E-state index in [1.165, 1.54) is 11.0 Å². The number of aromatic hydroxyl groups is 1. The Labute approximate surface area is 118 Å². The first-order chi connectivity index (χ1) is 9.49. The van der Waals surface area contributed by atoms with Crippen LogP contribution in [0.3, 0.4) is 0 Å². The van der Waals surface area contributed by atoms with Crippen LogP contribution >= 0.6 is 0 Å². The third-order valence-electron chi connectivity index (χ3n) is 3.63. The monoisotopic (exact) mass is 276 g/mol. The Hall–Kier alpha value is -2.04. The van der Waals surface area contributed by atoms with Gasteiger partial charge in [-0.05, 0) is 37.5 Å². The molecule has 0 radical (unpaired) electrons. The Morgan fingerprint density at radius 2 is 1.95 bits per heavy atom. The van der Waals surface area contributed by atoms with Crippen LogP contribution in [0.1, 0.15) is 28.8 Å². The number of carbonyl (C=O) groups excluding carboxylic acids is 2. The number of phenols is 1. The van der Waals surface area contributed by atoms with E-state index in [1.807, 2.05) is 0 Å². The van der Waals surface area contributed by atoms with Crippen LogP contribution in [0.4, 0.5) is 0 Å². The molecule has 1 saturated heterocycles. The Bertz CT molecular complexity index is 522. The summed E-state index contributed by atoms with van der Waals surface area (Å²) in [6, 6.07) is 4.79. The summed E-state index contributed by atoms with van der Waals surface area (Å²) in [5.74, 6) is -0.183. The fourth-order valence-electron chi connectivity index (χ4n) is 2.30. The fraction of sp³-hybridized carbons (Fsp3) is 0.467. The minimum Gasteiger partial charge on any atom is -0.508 e. The number of rotatable bonds is 3. The van der Waals surface area contributed by atoms with Gasteiger partial charge in [-0.3, -0.25) is 9.59 Å². The highest BCUT2D eigenvalue weighted by atomic mass is 16.3. The lowest BCUT2D eigenvalue weighted by Gasteiger charge is -2.21. The quantitative estimate of drug-likeness (QED) is 0.907. The SMILES string of the molecule is Cc1ccc(C(=O)N(C)CC(=O)N2CCCC2)cc1O. The lowest BCUT2D eigenvalue weighted by Crippen LogP contribution is -2.39. The predicted molar refractivity (Wildman–Crippen MR) is 75.6 cm³/mol. The van der Waals surface area contributed by atoms with E-state index < -0.39 is 0 Å². The van der Waals surface area contributed by atoms with Gasteiger partial charge in [0.05, 0.1) is 6.54 Å². The van der Waals surface area contributed by atoms with Gasteiger partial charge in [0, 0.05) is 25.7 Å². The number of hydrogen-bond acceptors (Lipinski definition) is 3. The first-order valence-corrected chi connectivity index (χ1v) is 6.82. The highest BCUT2D eigenvalue weighted by Crippen LogP contribution is 2.18. The van der Waals surface area contributed by atoms with Crippen LogP contribution in [0.25, 0.3) is 0 Å². The molecule has 1 aromatic carbocycles. The molecular weight excluding hydrogens is 256 g/mol. The molecule has 20 heavy (non-hydrogen) atoms. The van der Waals surface area contributed by atoms with Crippen LogP contribution in [0.15, 0.2) is 18.2 Å². The highest BCUT2D eigenvalue weighted by molar-refractivity contribution is 5.96. The van der Waals surface area contributed by atoms with Crippen molar-refractivity contribution >= 4 is 11.8 Å². The van der Waals surface area contributed by atoms with Crippen molar-refractivity contribution < 1.29 is 14.7 Å². The van der Waals surface area contributed by atoms with E-state index in [2.05, 4.69) is 0 Å². The number of carbonyl (C=O) groups is 2. The van der Waals surface area contributed by atoms with Crippen molar-refractivity contribution in [2.24, 2.45) is 0 Å². The molecule has 0 bridgehead atoms. The zero-order valence-electron chi connectivity index (χ0n) is 11.9. The maximum absolute atomic E-state index is 12.2. The van der Waals surface area contributed by atoms with E-state index in [0.29, 0.717) is 5.56 Å². The molecule has 1 N–H and O–H groups in total. The molecule has 5 heteroatoms. The lowest BCUT2D eigenvalue weighted by atomic mass is 10.1. The summed E-state index contributed by atoms with van der Waals surface area (Å²) in [6.45, 7) is 3.41. The number of nitrogens with zero attached hydrogens (tertiary/aromatic N) is 2. The Balaban J connectivity index is 2.00. The number of amides is 2. The summed E-state index contributed by atoms with van der Waals surface area (Å²) >= 11 is 0. The maximum atomic E-state index is 12.2. The number of aryl methyl sites for hydroxylation is 1. The molecule has 0 unspecified atom stereocenters. The van der Waals surface area contributed by atoms with Gasteiger partial charge in [-0.25, -0.2) is 0 Å². The van der Waals surface area contributed by atoms with E-state index >= 15 is 0 Å². The average molecular weight is 276 g/mol. The van der Waals surface area contributed by atoms with Gasteiger partial charge in [-0.2, -0.15) is 0 Å². The molecule has 0 aliphatic carbocycles. The summed E-state index contributed by atoms with van der Waals surface area (Å²) in [6.07, 6.45) is 2.07. The van der Waals surface area contributed by atoms with Gasteiger partial charge in [-0.1, -0.05) is 6.07 Å². The maximum Gasteiger partial charge on any atom is 0.254 e. The molecular formula is C15H20N2O3. The second-order valence-corrected chi connectivity index (χ2v) is 5.25. The summed E-state index contributed by atoms with van der Waals surface area (Å²) < 4.78 is 0. The molecule has 1 fully saturated rings. The van der Waals surface area contributed by atoms with Crippen LogP contribution in [-0.4, -0.2) is 53.4 Å². The zero-order chi connectivity index (χ0) is 14.7. The molecule has 2 rings (SSSR count). The molecule has 1 aromatic rings. The summed E-state index contributed by atoms with van der Waals surface area (Å²) in [5, 5.41) is 9.64. The van der Waals surface area contributed by atoms with Gasteiger partial charge in [0.1, 0.15) is 5.75 Å². The van der Waals surface area contributed by atoms with E-state index in [1.54, 1.807) is 31.0 Å². The number of hydrogen-bond donors (Lipinski definition) is 1. The second kappa shape index (κ2) is 5.94. The van der Waals surface area contributed by atoms with E-state index in [-0.39, 0.29) is 24.1 Å². The van der Waals surface area contributed by atoms with Crippen molar-refractivity contribution in [1.82, 2.24) is 9.80 Å². The Morgan fingerprint density at radius 1 is 1.30 bits per heavy atom. The van der Waals surface area contributed by atoms with Gasteiger partial charge in [0.25, 0.3) is 5.91 Å². The molecule has 0 saturated carbocycles. The van der Waals surface area contributed by atoms with E-state index in [9.17, 15) is 14.7 Å². The van der Waals surface area contributed by atoms with Crippen molar-refractivity contribution in [3.63, 3.8) is 0 Å². The predicted octanol–water partition coefficient (Wildman–Crippen LogP) is 1.40. The van der Waals surface area contributed by atoms with Crippen LogP contribution in [0.5, 0.6) is 5.75 Å². The molecule has 1 heterocycles. The molecule has 108 valence electrons. The van der Waals surface area contributed by atoms with Crippen LogP contribution < -0.4 is 0 Å². The van der Waals surface area contributed by atoms with Crippen molar-refractivity contribution in [2.75, 3.05) is 26.7 Å². The van der Waals surface area contributed by atoms with Crippen LogP contribution in [-0.2, 0) is 4.79 Å². The number of benzene rings is 1. The Kier molecular flexibility index (Phi) is 4.27. The number of likely N-dealkylation sites (N-methyl/N-ethyl adjacent to an activating group) is 1. The molecule has 0 atom stereocenters. The minimum atomic E-state index is -0.257. The number of phenolic OH excluding ortho intramolecular Hbond substituents is 1. The van der Waals surface area contributed by atoms with Gasteiger partial charge < -0.3 is 14.9 Å². The number of likely N-dealkylation sites (tertiary alicyclic amines) is 1. The van der Waals surface area contributed by atoms with Crippen molar-refractivity contribution in [2.45, 2.75) is 19.8 Å². The lowest BCUT2D eigenvalue weighted by molar-refractivity contribution is -0.130. The smallest absolute Gasteiger partial charge is 0.254 e. The van der Waals surface area contributed by atoms with Crippen molar-refractivity contribution in [1.29, 1.82) is 0 Å². The van der Waals surface area contributed by atoms with Gasteiger partial charge in [0.2, 0.25) is 5.91 Å². The third-order valence-corrected chi connectivity index (χ3v) is 3.63. The first-order valence-electron chi connectivity index (χ1n) is 6.82. The van der Waals surface area contributed by atoms with Gasteiger partial charge in [-0.15, -0.1) is 0 Å². The molecule has 1 aliphatic heterocycles. The highest BCUT2D eigenvalue weighted by Gasteiger charge is 2.21. The van der Waals surface area contributed by atoms with E-state index in [0.717, 1.165) is 31.5 Å². The van der Waals surface area contributed by atoms with Crippen molar-refractivity contribution in [3.05, 3.63) is 29.3 Å². The van der Waals surface area contributed by atoms with Gasteiger partial charge in [0.15, 0.2) is 0 Å². The first kappa shape index (κ1) is 14.4. The summed E-state index contributed by atoms with van der Waals surface area (Å²) in [5.41, 5.74) is 1.11. The molecule has 0 aromatic heterocycles. The summed E-state index contributed by atoms with van der Waals surface area (Å²) in [4.78, 5) is 27.4. The standard InChI is InChI=1S/C15H20N2O3/c1-11-5-6-12(9-13(11)18)15(20)16(2)10-14(19)17-7-3-4-8-17/h5-6,9,18H,3-4,7-8,10H2,1-2H3. The van der Waals surface area contributed by atoms with Crippen LogP contribution in [0.2, 0.25) is 0 Å². The van der Waals surface area contributed by atoms with Crippen molar-refractivity contribution in [3.8, 4) is 5.75 Å². The third kappa shape index (κ3) is 3.10. The zero-order valence-corrected chi connectivity index (χ0v) is 11.9. The molecule has 2 amide bonds. The molecule has 1 aliphatic rings. The topological polar surface area (TPSA) is 60.9 Å².